The Morgan fingerprint density at radius 3 is 1.33 bits per heavy atom. The van der Waals surface area contributed by atoms with Gasteiger partial charge in [0, 0.05) is 12.8 Å². The van der Waals surface area contributed by atoms with Crippen LogP contribution in [0.1, 0.15) is 155 Å². The van der Waals surface area contributed by atoms with Crippen LogP contribution < -0.4 is 0 Å². The molecule has 0 aliphatic rings. The Morgan fingerprint density at radius 1 is 0.479 bits per heavy atom. The smallest absolute Gasteiger partial charge is 0.306 e. The van der Waals surface area contributed by atoms with Gasteiger partial charge in [0.05, 0.1) is 6.61 Å². The molecule has 1 atom stereocenters. The molecule has 0 heterocycles. The fraction of sp³-hybridized carbons (Fsp3) is 0.628. The van der Waals surface area contributed by atoms with E-state index in [0.29, 0.717) is 12.8 Å². The average molecular weight is 667 g/mol. The van der Waals surface area contributed by atoms with Gasteiger partial charge in [-0.05, 0) is 83.5 Å². The van der Waals surface area contributed by atoms with Crippen LogP contribution in [0.2, 0.25) is 0 Å². The first-order chi connectivity index (χ1) is 23.6. The Morgan fingerprint density at radius 2 is 0.875 bits per heavy atom. The first-order valence-corrected chi connectivity index (χ1v) is 19.1. The van der Waals surface area contributed by atoms with E-state index in [1.807, 2.05) is 12.2 Å². The summed E-state index contributed by atoms with van der Waals surface area (Å²) in [7, 11) is 0. The van der Waals surface area contributed by atoms with E-state index >= 15 is 0 Å². The van der Waals surface area contributed by atoms with E-state index < -0.39 is 6.10 Å². The van der Waals surface area contributed by atoms with Crippen molar-refractivity contribution in [2.45, 2.75) is 161 Å². The van der Waals surface area contributed by atoms with Gasteiger partial charge in [-0.3, -0.25) is 9.59 Å². The van der Waals surface area contributed by atoms with Crippen molar-refractivity contribution < 1.29 is 24.2 Å². The van der Waals surface area contributed by atoms with Crippen LogP contribution in [0.4, 0.5) is 0 Å². The standard InChI is InChI=1S/C43H70O5/c1-3-5-7-9-11-13-15-17-19-20-21-22-24-25-27-29-31-33-35-37-42(45)47-40-41(39-44)48-43(46)38-36-34-32-30-28-26-23-18-16-14-12-10-8-6-4-2/h11-14,17-19,21-23,25,27,31,33,41,44H,3-10,15-16,20,24,26,28-30,32,34-40H2,1-2H3/t41-/m0/s1. The summed E-state index contributed by atoms with van der Waals surface area (Å²) in [6.45, 7) is 3.98. The topological polar surface area (TPSA) is 72.8 Å². The third kappa shape index (κ3) is 35.9. The molecule has 0 radical (unpaired) electrons. The first-order valence-electron chi connectivity index (χ1n) is 19.1. The predicted molar refractivity (Wildman–Crippen MR) is 205 cm³/mol. The van der Waals surface area contributed by atoms with Crippen molar-refractivity contribution in [3.63, 3.8) is 0 Å². The van der Waals surface area contributed by atoms with Gasteiger partial charge in [0.25, 0.3) is 0 Å². The van der Waals surface area contributed by atoms with E-state index in [-0.39, 0.29) is 31.6 Å². The third-order valence-electron chi connectivity index (χ3n) is 7.67. The number of ether oxygens (including phenoxy) is 2. The zero-order valence-corrected chi connectivity index (χ0v) is 30.7. The summed E-state index contributed by atoms with van der Waals surface area (Å²) in [5.41, 5.74) is 0. The van der Waals surface area contributed by atoms with Gasteiger partial charge in [-0.25, -0.2) is 0 Å². The number of hydrogen-bond acceptors (Lipinski definition) is 5. The molecule has 0 aromatic rings. The second kappa shape index (κ2) is 38.5. The molecule has 0 aromatic heterocycles. The molecule has 0 saturated carbocycles. The average Bonchev–Trinajstić information content (AvgIpc) is 3.09. The lowest BCUT2D eigenvalue weighted by atomic mass is 10.1. The Hall–Kier alpha value is -2.92. The number of aliphatic hydroxyl groups excluding tert-OH is 1. The second-order valence-corrected chi connectivity index (χ2v) is 12.3. The highest BCUT2D eigenvalue weighted by atomic mass is 16.6. The van der Waals surface area contributed by atoms with Crippen molar-refractivity contribution in [2.24, 2.45) is 0 Å². The van der Waals surface area contributed by atoms with Crippen LogP contribution in [-0.4, -0.2) is 36.4 Å². The minimum absolute atomic E-state index is 0.116. The highest BCUT2D eigenvalue weighted by Gasteiger charge is 2.15. The molecule has 0 amide bonds. The van der Waals surface area contributed by atoms with Crippen molar-refractivity contribution in [1.82, 2.24) is 0 Å². The molecule has 5 nitrogen and oxygen atoms in total. The fourth-order valence-electron chi connectivity index (χ4n) is 4.74. The number of allylic oxidation sites excluding steroid dienone is 14. The van der Waals surface area contributed by atoms with Gasteiger partial charge in [-0.1, -0.05) is 144 Å². The molecule has 0 fully saturated rings. The summed E-state index contributed by atoms with van der Waals surface area (Å²) >= 11 is 0. The minimum Gasteiger partial charge on any atom is -0.462 e. The van der Waals surface area contributed by atoms with Crippen molar-refractivity contribution in [3.8, 4) is 0 Å². The summed E-state index contributed by atoms with van der Waals surface area (Å²) in [6.07, 6.45) is 52.2. The van der Waals surface area contributed by atoms with Gasteiger partial charge < -0.3 is 14.6 Å². The molecule has 5 heteroatoms. The summed E-state index contributed by atoms with van der Waals surface area (Å²) in [5, 5.41) is 9.53. The van der Waals surface area contributed by atoms with Gasteiger partial charge >= 0.3 is 11.9 Å². The van der Waals surface area contributed by atoms with Gasteiger partial charge in [0.1, 0.15) is 6.61 Å². The molecule has 0 bridgehead atoms. The predicted octanol–water partition coefficient (Wildman–Crippen LogP) is 11.9. The molecule has 0 saturated heterocycles. The van der Waals surface area contributed by atoms with E-state index in [9.17, 15) is 14.7 Å². The lowest BCUT2D eigenvalue weighted by Gasteiger charge is -2.15. The van der Waals surface area contributed by atoms with Crippen LogP contribution in [0.15, 0.2) is 85.1 Å². The van der Waals surface area contributed by atoms with E-state index in [2.05, 4.69) is 86.8 Å². The van der Waals surface area contributed by atoms with Crippen LogP contribution in [0.5, 0.6) is 0 Å². The summed E-state index contributed by atoms with van der Waals surface area (Å²) < 4.78 is 10.5. The number of rotatable bonds is 33. The second-order valence-electron chi connectivity index (χ2n) is 12.3. The molecule has 1 N–H and O–H groups in total. The number of carbonyl (C=O) groups excluding carboxylic acids is 2. The number of esters is 2. The van der Waals surface area contributed by atoms with Gasteiger partial charge in [0.15, 0.2) is 6.10 Å². The Balaban J connectivity index is 3.75. The van der Waals surface area contributed by atoms with Crippen LogP contribution in [-0.2, 0) is 19.1 Å². The molecule has 0 aliphatic heterocycles. The van der Waals surface area contributed by atoms with Crippen molar-refractivity contribution >= 4 is 11.9 Å². The van der Waals surface area contributed by atoms with Crippen molar-refractivity contribution in [1.29, 1.82) is 0 Å². The maximum Gasteiger partial charge on any atom is 0.306 e. The normalized spacial score (nSPS) is 13.1. The zero-order chi connectivity index (χ0) is 35.0. The van der Waals surface area contributed by atoms with E-state index in [4.69, 9.17) is 9.47 Å². The maximum atomic E-state index is 12.1. The highest BCUT2D eigenvalue weighted by molar-refractivity contribution is 5.70. The SMILES string of the molecule is CCCCCC=CCC=CCC=CCC=CCC=CCCC(=O)OC[C@H](CO)OC(=O)CCCCCCCC=CCC=CCCCCC. The molecule has 0 aromatic carbocycles. The minimum atomic E-state index is -0.813. The molecule has 48 heavy (non-hydrogen) atoms. The van der Waals surface area contributed by atoms with E-state index in [1.54, 1.807) is 0 Å². The first kappa shape index (κ1) is 45.1. The zero-order valence-electron chi connectivity index (χ0n) is 30.7. The summed E-state index contributed by atoms with van der Waals surface area (Å²) in [5.74, 6) is -0.712. The Bertz CT molecular complexity index is 937. The third-order valence-corrected chi connectivity index (χ3v) is 7.67. The fourth-order valence-corrected chi connectivity index (χ4v) is 4.74. The molecule has 0 rings (SSSR count). The summed E-state index contributed by atoms with van der Waals surface area (Å²) in [6, 6.07) is 0. The van der Waals surface area contributed by atoms with Crippen LogP contribution in [0, 0.1) is 0 Å². The van der Waals surface area contributed by atoms with Crippen molar-refractivity contribution in [3.05, 3.63) is 85.1 Å². The van der Waals surface area contributed by atoms with Gasteiger partial charge in [-0.15, -0.1) is 0 Å². The number of aliphatic hydroxyl groups is 1. The maximum absolute atomic E-state index is 12.1. The van der Waals surface area contributed by atoms with Crippen LogP contribution in [0.25, 0.3) is 0 Å². The Kier molecular flexibility index (Phi) is 36.2. The van der Waals surface area contributed by atoms with Gasteiger partial charge in [-0.2, -0.15) is 0 Å². The Labute approximate surface area is 295 Å². The molecular formula is C43H70O5. The molecular weight excluding hydrogens is 596 g/mol. The number of hydrogen-bond donors (Lipinski definition) is 1. The molecule has 0 unspecified atom stereocenters. The molecule has 0 spiro atoms. The highest BCUT2D eigenvalue weighted by Crippen LogP contribution is 2.10. The van der Waals surface area contributed by atoms with Crippen LogP contribution in [0.3, 0.4) is 0 Å². The van der Waals surface area contributed by atoms with E-state index in [0.717, 1.165) is 64.2 Å². The summed E-state index contributed by atoms with van der Waals surface area (Å²) in [4.78, 5) is 24.2. The van der Waals surface area contributed by atoms with Crippen LogP contribution >= 0.6 is 0 Å². The number of carbonyl (C=O) groups is 2. The lowest BCUT2D eigenvalue weighted by molar-refractivity contribution is -0.161. The lowest BCUT2D eigenvalue weighted by Crippen LogP contribution is -2.28. The van der Waals surface area contributed by atoms with E-state index in [1.165, 1.54) is 57.8 Å². The monoisotopic (exact) mass is 667 g/mol. The quantitative estimate of drug-likeness (QED) is 0.0429. The molecule has 0 aliphatic carbocycles. The largest absolute Gasteiger partial charge is 0.462 e. The molecule has 272 valence electrons. The van der Waals surface area contributed by atoms with Gasteiger partial charge in [0.2, 0.25) is 0 Å². The van der Waals surface area contributed by atoms with Crippen molar-refractivity contribution in [2.75, 3.05) is 13.2 Å². The number of unbranched alkanes of at least 4 members (excludes halogenated alkanes) is 11.